The zero-order valence-corrected chi connectivity index (χ0v) is 11.7. The van der Waals surface area contributed by atoms with Crippen LogP contribution in [0.2, 0.25) is 0 Å². The van der Waals surface area contributed by atoms with Crippen molar-refractivity contribution in [3.63, 3.8) is 0 Å². The van der Waals surface area contributed by atoms with Gasteiger partial charge in [-0.05, 0) is 23.8 Å². The number of hydrazine groups is 1. The Morgan fingerprint density at radius 2 is 2.05 bits per heavy atom. The summed E-state index contributed by atoms with van der Waals surface area (Å²) in [5.74, 6) is 3.35. The van der Waals surface area contributed by atoms with Crippen molar-refractivity contribution in [1.82, 2.24) is 5.43 Å². The van der Waals surface area contributed by atoms with E-state index in [0.29, 0.717) is 0 Å². The van der Waals surface area contributed by atoms with E-state index >= 15 is 0 Å². The fraction of sp³-hybridized carbons (Fsp3) is 0.154. The zero-order chi connectivity index (χ0) is 16.5. The van der Waals surface area contributed by atoms with E-state index < -0.39 is 39.7 Å². The minimum Gasteiger partial charge on any atom is -0.303 e. The van der Waals surface area contributed by atoms with Crippen molar-refractivity contribution in [2.45, 2.75) is 17.5 Å². The van der Waals surface area contributed by atoms with Gasteiger partial charge in [-0.2, -0.15) is 13.2 Å². The van der Waals surface area contributed by atoms with E-state index in [-0.39, 0.29) is 21.7 Å². The Morgan fingerprint density at radius 1 is 1.36 bits per heavy atom. The first kappa shape index (κ1) is 16.4. The maximum Gasteiger partial charge on any atom is 0.418 e. The average molecular weight is 334 g/mol. The minimum atomic E-state index is -4.80. The van der Waals surface area contributed by atoms with Gasteiger partial charge in [0, 0.05) is 11.3 Å². The molecule has 1 aromatic carbocycles. The SMILES string of the molecule is NNC(=O)C1=Cc2ccc(F)cc2/S1=C(/CC=O)C(F)(F)F. The summed E-state index contributed by atoms with van der Waals surface area (Å²) in [5.41, 5.74) is 2.06. The molecule has 1 aliphatic rings. The predicted octanol–water partition coefficient (Wildman–Crippen LogP) is 2.12. The first-order chi connectivity index (χ1) is 10.3. The molecule has 3 N–H and O–H groups in total. The molecular formula is C13H10F4N2O2S. The summed E-state index contributed by atoms with van der Waals surface area (Å²) >= 11 is 0. The molecule has 4 nitrogen and oxygen atoms in total. The van der Waals surface area contributed by atoms with Gasteiger partial charge in [0.25, 0.3) is 5.91 Å². The van der Waals surface area contributed by atoms with Crippen LogP contribution >= 0.6 is 10.5 Å². The van der Waals surface area contributed by atoms with Gasteiger partial charge in [-0.1, -0.05) is 6.07 Å². The van der Waals surface area contributed by atoms with Gasteiger partial charge >= 0.3 is 6.18 Å². The van der Waals surface area contributed by atoms with Gasteiger partial charge in [-0.3, -0.25) is 10.2 Å². The van der Waals surface area contributed by atoms with Crippen molar-refractivity contribution < 1.29 is 27.2 Å². The fourth-order valence-electron chi connectivity index (χ4n) is 2.01. The Labute approximate surface area is 124 Å². The molecule has 0 fully saturated rings. The topological polar surface area (TPSA) is 72.2 Å². The number of rotatable bonds is 3. The van der Waals surface area contributed by atoms with E-state index in [1.165, 1.54) is 12.1 Å². The summed E-state index contributed by atoms with van der Waals surface area (Å²) in [7, 11) is -1.90. The monoisotopic (exact) mass is 334 g/mol. The molecule has 1 atom stereocenters. The second-order valence-corrected chi connectivity index (χ2v) is 6.25. The number of nitrogens with one attached hydrogen (secondary N) is 1. The lowest BCUT2D eigenvalue weighted by Crippen LogP contribution is -2.32. The van der Waals surface area contributed by atoms with E-state index in [1.54, 1.807) is 5.43 Å². The first-order valence-corrected chi connectivity index (χ1v) is 7.15. The Balaban J connectivity index is 2.78. The number of hydrogen-bond acceptors (Lipinski definition) is 3. The van der Waals surface area contributed by atoms with Crippen molar-refractivity contribution in [3.8, 4) is 0 Å². The summed E-state index contributed by atoms with van der Waals surface area (Å²) in [4.78, 5) is 21.0. The van der Waals surface area contributed by atoms with Crippen LogP contribution in [0.4, 0.5) is 17.6 Å². The molecule has 0 spiro atoms. The highest BCUT2D eigenvalue weighted by Crippen LogP contribution is 2.49. The number of amides is 1. The van der Waals surface area contributed by atoms with E-state index in [0.717, 1.165) is 12.1 Å². The average Bonchev–Trinajstić information content (AvgIpc) is 2.81. The molecule has 1 heterocycles. The van der Waals surface area contributed by atoms with Crippen LogP contribution in [0.3, 0.4) is 0 Å². The zero-order valence-electron chi connectivity index (χ0n) is 10.9. The lowest BCUT2D eigenvalue weighted by Gasteiger charge is -2.17. The molecule has 1 unspecified atom stereocenters. The molecule has 1 aromatic rings. The van der Waals surface area contributed by atoms with Crippen molar-refractivity contribution >= 4 is 33.6 Å². The number of aldehydes is 1. The third-order valence-corrected chi connectivity index (χ3v) is 5.32. The maximum absolute atomic E-state index is 13.4. The van der Waals surface area contributed by atoms with Gasteiger partial charge in [0.1, 0.15) is 12.1 Å². The lowest BCUT2D eigenvalue weighted by atomic mass is 10.2. The second kappa shape index (κ2) is 6.01. The predicted molar refractivity (Wildman–Crippen MR) is 74.3 cm³/mol. The molecule has 22 heavy (non-hydrogen) atoms. The molecule has 1 aliphatic heterocycles. The van der Waals surface area contributed by atoms with Crippen molar-refractivity contribution in [2.24, 2.45) is 5.84 Å². The van der Waals surface area contributed by atoms with Crippen molar-refractivity contribution in [1.29, 1.82) is 0 Å². The largest absolute Gasteiger partial charge is 0.418 e. The Kier molecular flexibility index (Phi) is 4.47. The van der Waals surface area contributed by atoms with E-state index in [4.69, 9.17) is 5.84 Å². The number of halogens is 4. The molecule has 118 valence electrons. The van der Waals surface area contributed by atoms with E-state index in [9.17, 15) is 27.2 Å². The molecule has 1 amide bonds. The maximum atomic E-state index is 13.4. The van der Waals surface area contributed by atoms with Crippen LogP contribution in [0.5, 0.6) is 0 Å². The molecule has 0 saturated carbocycles. The molecular weight excluding hydrogens is 324 g/mol. The summed E-state index contributed by atoms with van der Waals surface area (Å²) in [5, 5.41) is 0. The second-order valence-electron chi connectivity index (χ2n) is 4.26. The van der Waals surface area contributed by atoms with Gasteiger partial charge in [0.2, 0.25) is 0 Å². The van der Waals surface area contributed by atoms with Crippen LogP contribution in [0.1, 0.15) is 12.0 Å². The Hall–Kier alpha value is -2.00. The molecule has 0 saturated heterocycles. The van der Waals surface area contributed by atoms with Crippen LogP contribution in [-0.4, -0.2) is 23.2 Å². The van der Waals surface area contributed by atoms with Gasteiger partial charge in [0.15, 0.2) is 0 Å². The number of alkyl halides is 3. The van der Waals surface area contributed by atoms with Crippen LogP contribution in [0.15, 0.2) is 28.0 Å². The van der Waals surface area contributed by atoms with Gasteiger partial charge in [-0.15, -0.1) is 10.5 Å². The standard InChI is InChI=1S/C13H10F4N2O2S/c14-8-2-1-7-5-10(12(21)19-18)22(9(7)6-8)11(3-4-20)13(15,16)17/h1-2,4-6H,3,18H2,(H,19,21). The highest BCUT2D eigenvalue weighted by molar-refractivity contribution is 8.20. The third-order valence-electron chi connectivity index (χ3n) is 2.89. The van der Waals surface area contributed by atoms with Gasteiger partial charge < -0.3 is 4.79 Å². The summed E-state index contributed by atoms with van der Waals surface area (Å²) < 4.78 is 53.1. The third kappa shape index (κ3) is 2.95. The molecule has 2 rings (SSSR count). The molecule has 0 aromatic heterocycles. The molecule has 9 heteroatoms. The van der Waals surface area contributed by atoms with Crippen LogP contribution in [0.25, 0.3) is 6.08 Å². The smallest absolute Gasteiger partial charge is 0.303 e. The van der Waals surface area contributed by atoms with Crippen LogP contribution < -0.4 is 11.3 Å². The fourth-order valence-corrected chi connectivity index (χ4v) is 4.32. The number of carbonyl (C=O) groups excluding carboxylic acids is 2. The number of benzene rings is 1. The van der Waals surface area contributed by atoms with Gasteiger partial charge in [-0.25, -0.2) is 10.2 Å². The quantitative estimate of drug-likeness (QED) is 0.222. The first-order valence-electron chi connectivity index (χ1n) is 5.92. The Bertz CT molecular complexity index is 710. The normalized spacial score (nSPS) is 17.6. The highest BCUT2D eigenvalue weighted by atomic mass is 32.2. The van der Waals surface area contributed by atoms with Gasteiger partial charge in [0.05, 0.1) is 9.77 Å². The summed E-state index contributed by atoms with van der Waals surface area (Å²) in [6.45, 7) is 0. The van der Waals surface area contributed by atoms with E-state index in [1.807, 2.05) is 0 Å². The molecule has 0 aliphatic carbocycles. The van der Waals surface area contributed by atoms with E-state index in [2.05, 4.69) is 0 Å². The Morgan fingerprint density at radius 3 is 2.59 bits per heavy atom. The minimum absolute atomic E-state index is 0.00720. The van der Waals surface area contributed by atoms with Crippen molar-refractivity contribution in [3.05, 3.63) is 34.5 Å². The highest BCUT2D eigenvalue weighted by Gasteiger charge is 2.39. The van der Waals surface area contributed by atoms with Crippen LogP contribution in [0, 0.1) is 5.82 Å². The van der Waals surface area contributed by atoms with Crippen molar-refractivity contribution in [2.75, 3.05) is 0 Å². The number of hydrogen-bond donors (Lipinski definition) is 2. The molecule has 0 bridgehead atoms. The van der Waals surface area contributed by atoms with Crippen LogP contribution in [-0.2, 0) is 9.59 Å². The number of nitrogens with two attached hydrogens (primary N) is 1. The number of fused-ring (bicyclic) bond motifs is 1. The number of carbonyl (C=O) groups is 2. The summed E-state index contributed by atoms with van der Waals surface area (Å²) in [6, 6.07) is 3.28. The molecule has 0 radical (unpaired) electrons. The lowest BCUT2D eigenvalue weighted by molar-refractivity contribution is -0.116. The summed E-state index contributed by atoms with van der Waals surface area (Å²) in [6.07, 6.45) is -4.38.